The third kappa shape index (κ3) is 4.52. The molecule has 2 aromatic carbocycles. The molecule has 2 fully saturated rings. The van der Waals surface area contributed by atoms with Gasteiger partial charge in [0.1, 0.15) is 5.82 Å². The average molecular weight is 440 g/mol. The molecular weight excluding hydrogens is 413 g/mol. The Hall–Kier alpha value is -3.52. The van der Waals surface area contributed by atoms with Gasteiger partial charge in [-0.25, -0.2) is 4.39 Å². The molecule has 0 spiro atoms. The third-order valence-corrected chi connectivity index (χ3v) is 7.01. The maximum atomic E-state index is 13.7. The van der Waals surface area contributed by atoms with Gasteiger partial charge in [0.15, 0.2) is 0 Å². The van der Waals surface area contributed by atoms with Crippen molar-refractivity contribution in [3.05, 3.63) is 89.5 Å². The number of amides is 1. The smallest absolute Gasteiger partial charge is 0.254 e. The van der Waals surface area contributed by atoms with Gasteiger partial charge in [-0.15, -0.1) is 0 Å². The first kappa shape index (κ1) is 21.3. The van der Waals surface area contributed by atoms with E-state index in [1.807, 2.05) is 17.0 Å². The summed E-state index contributed by atoms with van der Waals surface area (Å²) in [5, 5.41) is 9.96. The van der Waals surface area contributed by atoms with Crippen LogP contribution in [0.15, 0.2) is 67.0 Å². The largest absolute Gasteiger partial charge is 0.339 e. The van der Waals surface area contributed by atoms with E-state index in [9.17, 15) is 14.4 Å². The van der Waals surface area contributed by atoms with Crippen LogP contribution < -0.4 is 0 Å². The number of hydrogen-bond donors (Lipinski definition) is 0. The lowest BCUT2D eigenvalue weighted by atomic mass is 9.75. The van der Waals surface area contributed by atoms with Crippen molar-refractivity contribution in [1.29, 1.82) is 5.26 Å². The molecule has 2 aliphatic rings. The van der Waals surface area contributed by atoms with Crippen LogP contribution in [-0.4, -0.2) is 28.9 Å². The zero-order valence-corrected chi connectivity index (χ0v) is 18.5. The number of halogens is 1. The number of nitriles is 1. The Labute approximate surface area is 193 Å². The summed E-state index contributed by atoms with van der Waals surface area (Å²) in [6, 6.07) is 19.0. The Morgan fingerprint density at radius 1 is 1.06 bits per heavy atom. The van der Waals surface area contributed by atoms with Gasteiger partial charge in [0.05, 0.1) is 11.5 Å². The molecule has 0 radical (unpaired) electrons. The molecule has 4 nitrogen and oxygen atoms in total. The minimum atomic E-state index is -0.529. The van der Waals surface area contributed by atoms with Crippen LogP contribution in [0, 0.1) is 22.6 Å². The highest BCUT2D eigenvalue weighted by molar-refractivity contribution is 6.01. The van der Waals surface area contributed by atoms with E-state index in [-0.39, 0.29) is 11.7 Å². The Morgan fingerprint density at radius 2 is 1.76 bits per heavy atom. The predicted molar refractivity (Wildman–Crippen MR) is 125 cm³/mol. The Kier molecular flexibility index (Phi) is 5.68. The number of aromatic nitrogens is 1. The van der Waals surface area contributed by atoms with E-state index in [0.717, 1.165) is 22.3 Å². The summed E-state index contributed by atoms with van der Waals surface area (Å²) in [7, 11) is 0. The standard InChI is InChI=1S/C28H26FN3O/c29-24-6-1-20(2-7-24)18-28(19-30)11-15-32(16-12-28)27(33)26-17-23(21-3-4-21)5-8-25(26)22-9-13-31-14-10-22/h1-2,5-10,13-14,17,21H,3-4,11-12,15-16,18H2. The number of rotatable bonds is 5. The monoisotopic (exact) mass is 439 g/mol. The predicted octanol–water partition coefficient (Wildman–Crippen LogP) is 5.75. The maximum absolute atomic E-state index is 13.7. The molecule has 1 aromatic heterocycles. The topological polar surface area (TPSA) is 57.0 Å². The third-order valence-electron chi connectivity index (χ3n) is 7.01. The van der Waals surface area contributed by atoms with Crippen molar-refractivity contribution in [2.75, 3.05) is 13.1 Å². The van der Waals surface area contributed by atoms with E-state index in [2.05, 4.69) is 29.3 Å². The van der Waals surface area contributed by atoms with Crippen LogP contribution >= 0.6 is 0 Å². The van der Waals surface area contributed by atoms with Crippen molar-refractivity contribution in [3.8, 4) is 17.2 Å². The maximum Gasteiger partial charge on any atom is 0.254 e. The Morgan fingerprint density at radius 3 is 2.39 bits per heavy atom. The molecule has 0 atom stereocenters. The van der Waals surface area contributed by atoms with Crippen LogP contribution in [0.4, 0.5) is 4.39 Å². The molecule has 5 rings (SSSR count). The summed E-state index contributed by atoms with van der Waals surface area (Å²) in [6.45, 7) is 1.08. The quantitative estimate of drug-likeness (QED) is 0.508. The molecule has 1 aliphatic carbocycles. The molecule has 0 N–H and O–H groups in total. The number of likely N-dealkylation sites (tertiary alicyclic amines) is 1. The van der Waals surface area contributed by atoms with E-state index in [1.165, 1.54) is 30.5 Å². The molecule has 1 amide bonds. The second-order valence-corrected chi connectivity index (χ2v) is 9.30. The minimum Gasteiger partial charge on any atom is -0.339 e. The van der Waals surface area contributed by atoms with E-state index >= 15 is 0 Å². The van der Waals surface area contributed by atoms with Crippen molar-refractivity contribution in [3.63, 3.8) is 0 Å². The van der Waals surface area contributed by atoms with Crippen LogP contribution in [0.2, 0.25) is 0 Å². The van der Waals surface area contributed by atoms with Crippen LogP contribution in [0.1, 0.15) is 53.1 Å². The number of pyridine rings is 1. The van der Waals surface area contributed by atoms with E-state index in [4.69, 9.17) is 0 Å². The van der Waals surface area contributed by atoms with Crippen molar-refractivity contribution in [2.45, 2.75) is 38.0 Å². The molecule has 0 unspecified atom stereocenters. The summed E-state index contributed by atoms with van der Waals surface area (Å²) < 4.78 is 13.3. The molecular formula is C28H26FN3O. The van der Waals surface area contributed by atoms with Crippen molar-refractivity contribution in [2.24, 2.45) is 5.41 Å². The molecule has 1 aliphatic heterocycles. The summed E-state index contributed by atoms with van der Waals surface area (Å²) in [5.74, 6) is 0.313. The zero-order valence-electron chi connectivity index (χ0n) is 18.5. The molecule has 3 aromatic rings. The van der Waals surface area contributed by atoms with Gasteiger partial charge in [-0.1, -0.05) is 24.3 Å². The Balaban J connectivity index is 1.37. The molecule has 33 heavy (non-hydrogen) atoms. The van der Waals surface area contributed by atoms with Gasteiger partial charge in [0.25, 0.3) is 5.91 Å². The average Bonchev–Trinajstić information content (AvgIpc) is 3.71. The zero-order chi connectivity index (χ0) is 22.8. The molecule has 166 valence electrons. The lowest BCUT2D eigenvalue weighted by Gasteiger charge is -2.37. The fourth-order valence-corrected chi connectivity index (χ4v) is 4.82. The highest BCUT2D eigenvalue weighted by atomic mass is 19.1. The summed E-state index contributed by atoms with van der Waals surface area (Å²) in [4.78, 5) is 19.7. The van der Waals surface area contributed by atoms with Crippen molar-refractivity contribution in [1.82, 2.24) is 9.88 Å². The van der Waals surface area contributed by atoms with Crippen LogP contribution in [0.5, 0.6) is 0 Å². The van der Waals surface area contributed by atoms with Gasteiger partial charge in [0, 0.05) is 31.0 Å². The van der Waals surface area contributed by atoms with Gasteiger partial charge < -0.3 is 4.90 Å². The Bertz CT molecular complexity index is 1190. The highest BCUT2D eigenvalue weighted by Gasteiger charge is 2.37. The van der Waals surface area contributed by atoms with Crippen LogP contribution in [0.3, 0.4) is 0 Å². The number of piperidine rings is 1. The molecule has 0 bridgehead atoms. The van der Waals surface area contributed by atoms with Gasteiger partial charge in [-0.05, 0) is 90.6 Å². The number of hydrogen-bond acceptors (Lipinski definition) is 3. The van der Waals surface area contributed by atoms with Crippen molar-refractivity contribution >= 4 is 5.91 Å². The molecule has 1 saturated heterocycles. The lowest BCUT2D eigenvalue weighted by Crippen LogP contribution is -2.43. The fourth-order valence-electron chi connectivity index (χ4n) is 4.82. The number of carbonyl (C=O) groups is 1. The van der Waals surface area contributed by atoms with E-state index < -0.39 is 5.41 Å². The first-order valence-electron chi connectivity index (χ1n) is 11.6. The van der Waals surface area contributed by atoms with Gasteiger partial charge in [-0.2, -0.15) is 5.26 Å². The van der Waals surface area contributed by atoms with E-state index in [1.54, 1.807) is 24.5 Å². The summed E-state index contributed by atoms with van der Waals surface area (Å²) >= 11 is 0. The minimum absolute atomic E-state index is 0.0256. The SMILES string of the molecule is N#CC1(Cc2ccc(F)cc2)CCN(C(=O)c2cc(C3CC3)ccc2-c2ccncc2)CC1. The number of nitrogens with zero attached hydrogens (tertiary/aromatic N) is 3. The van der Waals surface area contributed by atoms with Gasteiger partial charge in [0.2, 0.25) is 0 Å². The fraction of sp³-hybridized carbons (Fsp3) is 0.321. The first-order valence-corrected chi connectivity index (χ1v) is 11.6. The van der Waals surface area contributed by atoms with Crippen LogP contribution in [0.25, 0.3) is 11.1 Å². The summed E-state index contributed by atoms with van der Waals surface area (Å²) in [5.41, 5.74) is 4.29. The molecule has 5 heteroatoms. The highest BCUT2D eigenvalue weighted by Crippen LogP contribution is 2.42. The second kappa shape index (κ2) is 8.78. The van der Waals surface area contributed by atoms with Gasteiger partial charge >= 0.3 is 0 Å². The number of carbonyl (C=O) groups excluding carboxylic acids is 1. The second-order valence-electron chi connectivity index (χ2n) is 9.30. The summed E-state index contributed by atoms with van der Waals surface area (Å²) in [6.07, 6.45) is 7.65. The molecule has 2 heterocycles. The van der Waals surface area contributed by atoms with E-state index in [0.29, 0.717) is 38.3 Å². The normalized spacial score (nSPS) is 17.4. The van der Waals surface area contributed by atoms with Crippen LogP contribution in [-0.2, 0) is 6.42 Å². The lowest BCUT2D eigenvalue weighted by molar-refractivity contribution is 0.0648. The van der Waals surface area contributed by atoms with Gasteiger partial charge in [-0.3, -0.25) is 9.78 Å². The first-order chi connectivity index (χ1) is 16.1. The molecule has 1 saturated carbocycles. The van der Waals surface area contributed by atoms with Crippen molar-refractivity contribution < 1.29 is 9.18 Å². The number of benzene rings is 2.